The molecule has 0 unspecified atom stereocenters. The van der Waals surface area contributed by atoms with Gasteiger partial charge in [-0.25, -0.2) is 4.79 Å². The minimum atomic E-state index is -0.463. The second-order valence-electron chi connectivity index (χ2n) is 12.8. The number of nitrogens with zero attached hydrogens (tertiary/aromatic N) is 2. The molecule has 5 amide bonds. The molecule has 6 N–H and O–H groups in total. The summed E-state index contributed by atoms with van der Waals surface area (Å²) >= 11 is 0. The van der Waals surface area contributed by atoms with E-state index in [-0.39, 0.29) is 13.1 Å². The largest absolute Gasteiger partial charge is 0.492 e. The van der Waals surface area contributed by atoms with Gasteiger partial charge in [0.15, 0.2) is 0 Å². The molecule has 280 valence electrons. The van der Waals surface area contributed by atoms with Gasteiger partial charge >= 0.3 is 6.03 Å². The molecule has 0 spiro atoms. The summed E-state index contributed by atoms with van der Waals surface area (Å²) in [6, 6.07) is 17.6. The standard InChI is InChI=1S/C38H52N8O6/c1-8-51-21-19-41-20-22-52-32-18-17-31(29-11-9-10-12-30(29)32)43-37(50)42-26(2)23-33(38(3,4)5)45-44-28-15-13-27(14-16-28)36(49)46(24-34(47)39-6)25-35(48)40-7/h9-18,23,41,44H,8,19-22,24-25H2,1-7H3,(H,39,47)(H,40,48)(H2,42,43,50)/b26-23+,45-33+. The van der Waals surface area contributed by atoms with Gasteiger partial charge in [0.1, 0.15) is 25.4 Å². The van der Waals surface area contributed by atoms with Crippen molar-refractivity contribution in [3.8, 4) is 5.75 Å². The Balaban J connectivity index is 1.67. The number of urea groups is 1. The lowest BCUT2D eigenvalue weighted by atomic mass is 9.89. The van der Waals surface area contributed by atoms with E-state index in [0.29, 0.717) is 54.7 Å². The van der Waals surface area contributed by atoms with Crippen LogP contribution >= 0.6 is 0 Å². The number of carbonyl (C=O) groups is 4. The maximum Gasteiger partial charge on any atom is 0.323 e. The summed E-state index contributed by atoms with van der Waals surface area (Å²) in [4.78, 5) is 51.3. The number of amides is 5. The van der Waals surface area contributed by atoms with E-state index in [9.17, 15) is 19.2 Å². The van der Waals surface area contributed by atoms with Gasteiger partial charge in [-0.1, -0.05) is 45.0 Å². The normalized spacial score (nSPS) is 11.8. The number of hydrogen-bond acceptors (Lipinski definition) is 9. The second-order valence-corrected chi connectivity index (χ2v) is 12.8. The molecule has 3 aromatic carbocycles. The summed E-state index contributed by atoms with van der Waals surface area (Å²) in [7, 11) is 2.93. The lowest BCUT2D eigenvalue weighted by molar-refractivity contribution is -0.123. The Morgan fingerprint density at radius 2 is 1.48 bits per heavy atom. The summed E-state index contributed by atoms with van der Waals surface area (Å²) in [5.41, 5.74) is 5.41. The summed E-state index contributed by atoms with van der Waals surface area (Å²) < 4.78 is 11.4. The van der Waals surface area contributed by atoms with E-state index in [1.54, 1.807) is 37.3 Å². The van der Waals surface area contributed by atoms with Crippen molar-refractivity contribution in [1.29, 1.82) is 0 Å². The number of anilines is 2. The van der Waals surface area contributed by atoms with Crippen molar-refractivity contribution in [3.63, 3.8) is 0 Å². The van der Waals surface area contributed by atoms with Crippen LogP contribution < -0.4 is 36.7 Å². The SMILES string of the molecule is CCOCCNCCOc1ccc(NC(=O)N/C(C)=C/C(=N\Nc2ccc(C(=O)N(CC(=O)NC)CC(=O)NC)cc2)C(C)(C)C)c2ccccc12. The number of fused-ring (bicyclic) bond motifs is 1. The van der Waals surface area contributed by atoms with E-state index in [4.69, 9.17) is 9.47 Å². The van der Waals surface area contributed by atoms with Gasteiger partial charge in [-0.05, 0) is 56.3 Å². The van der Waals surface area contributed by atoms with Gasteiger partial charge < -0.3 is 41.0 Å². The van der Waals surface area contributed by atoms with Crippen LogP contribution in [0.25, 0.3) is 10.8 Å². The summed E-state index contributed by atoms with van der Waals surface area (Å²) in [5.74, 6) is -0.517. The molecule has 0 bridgehead atoms. The smallest absolute Gasteiger partial charge is 0.323 e. The van der Waals surface area contributed by atoms with E-state index in [1.807, 2.05) is 64.1 Å². The molecule has 0 aliphatic carbocycles. The molecule has 0 atom stereocenters. The Bertz CT molecular complexity index is 1720. The van der Waals surface area contributed by atoms with E-state index in [0.717, 1.165) is 23.1 Å². The highest BCUT2D eigenvalue weighted by Crippen LogP contribution is 2.31. The lowest BCUT2D eigenvalue weighted by Gasteiger charge is -2.21. The van der Waals surface area contributed by atoms with Gasteiger partial charge in [0.2, 0.25) is 11.8 Å². The number of allylic oxidation sites excluding steroid dienone is 2. The maximum atomic E-state index is 13.1. The third kappa shape index (κ3) is 13.0. The molecule has 0 aliphatic heterocycles. The molecule has 14 heteroatoms. The van der Waals surface area contributed by atoms with Crippen molar-refractivity contribution < 1.29 is 28.7 Å². The Kier molecular flexibility index (Phi) is 16.1. The van der Waals surface area contributed by atoms with Crippen LogP contribution in [0, 0.1) is 5.41 Å². The van der Waals surface area contributed by atoms with Crippen molar-refractivity contribution in [2.75, 3.05) is 70.8 Å². The zero-order chi connectivity index (χ0) is 38.1. The molecule has 0 saturated carbocycles. The Labute approximate surface area is 305 Å². The van der Waals surface area contributed by atoms with Crippen LogP contribution in [0.2, 0.25) is 0 Å². The first-order chi connectivity index (χ1) is 24.9. The van der Waals surface area contributed by atoms with Crippen LogP contribution in [0.15, 0.2) is 77.5 Å². The second kappa shape index (κ2) is 20.4. The molecule has 0 fully saturated rings. The highest BCUT2D eigenvalue weighted by atomic mass is 16.5. The zero-order valence-corrected chi connectivity index (χ0v) is 31.1. The Morgan fingerprint density at radius 1 is 0.846 bits per heavy atom. The highest BCUT2D eigenvalue weighted by molar-refractivity contribution is 6.05. The molecule has 0 aromatic heterocycles. The molecule has 14 nitrogen and oxygen atoms in total. The number of hydrazone groups is 1. The molecule has 3 aromatic rings. The first kappa shape index (κ1) is 41.0. The van der Waals surface area contributed by atoms with Crippen LogP contribution in [0.3, 0.4) is 0 Å². The number of rotatable bonds is 18. The molecule has 0 aliphatic rings. The summed E-state index contributed by atoms with van der Waals surface area (Å²) in [6.07, 6.45) is 1.79. The molecular formula is C38H52N8O6. The topological polar surface area (TPSA) is 175 Å². The monoisotopic (exact) mass is 716 g/mol. The zero-order valence-electron chi connectivity index (χ0n) is 31.1. The van der Waals surface area contributed by atoms with Crippen molar-refractivity contribution >= 4 is 51.6 Å². The predicted octanol–water partition coefficient (Wildman–Crippen LogP) is 4.32. The maximum absolute atomic E-state index is 13.1. The summed E-state index contributed by atoms with van der Waals surface area (Å²) in [5, 5.41) is 20.4. The molecule has 0 radical (unpaired) electrons. The molecule has 0 heterocycles. The number of nitrogens with one attached hydrogen (secondary N) is 6. The fourth-order valence-corrected chi connectivity index (χ4v) is 4.84. The third-order valence-electron chi connectivity index (χ3n) is 7.68. The van der Waals surface area contributed by atoms with Crippen LogP contribution in [0.5, 0.6) is 5.75 Å². The van der Waals surface area contributed by atoms with E-state index in [2.05, 4.69) is 37.1 Å². The molecular weight excluding hydrogens is 664 g/mol. The van der Waals surface area contributed by atoms with Gasteiger partial charge in [-0.2, -0.15) is 5.10 Å². The first-order valence-corrected chi connectivity index (χ1v) is 17.2. The molecule has 3 rings (SSSR count). The van der Waals surface area contributed by atoms with Crippen molar-refractivity contribution in [1.82, 2.24) is 26.2 Å². The molecule has 0 saturated heterocycles. The Hall–Kier alpha value is -5.47. The third-order valence-corrected chi connectivity index (χ3v) is 7.68. The minimum Gasteiger partial charge on any atom is -0.492 e. The van der Waals surface area contributed by atoms with Gasteiger partial charge in [0, 0.05) is 61.2 Å². The van der Waals surface area contributed by atoms with Gasteiger partial charge in [0.25, 0.3) is 5.91 Å². The van der Waals surface area contributed by atoms with Gasteiger partial charge in [-0.3, -0.25) is 19.8 Å². The van der Waals surface area contributed by atoms with Crippen LogP contribution in [0.4, 0.5) is 16.2 Å². The van der Waals surface area contributed by atoms with Crippen LogP contribution in [0.1, 0.15) is 45.0 Å². The van der Waals surface area contributed by atoms with Crippen LogP contribution in [-0.2, 0) is 14.3 Å². The van der Waals surface area contributed by atoms with Gasteiger partial charge in [-0.15, -0.1) is 0 Å². The molecule has 52 heavy (non-hydrogen) atoms. The fourth-order valence-electron chi connectivity index (χ4n) is 4.84. The number of benzene rings is 3. The van der Waals surface area contributed by atoms with Gasteiger partial charge in [0.05, 0.1) is 23.7 Å². The number of ether oxygens (including phenoxy) is 2. The minimum absolute atomic E-state index is 0.258. The number of carbonyl (C=O) groups excluding carboxylic acids is 4. The average Bonchev–Trinajstić information content (AvgIpc) is 3.12. The average molecular weight is 717 g/mol. The first-order valence-electron chi connectivity index (χ1n) is 17.2. The van der Waals surface area contributed by atoms with E-state index >= 15 is 0 Å². The van der Waals surface area contributed by atoms with Crippen molar-refractivity contribution in [2.45, 2.75) is 34.6 Å². The Morgan fingerprint density at radius 3 is 2.10 bits per heavy atom. The number of hydrogen-bond donors (Lipinski definition) is 6. The fraction of sp³-hybridized carbons (Fsp3) is 0.395. The van der Waals surface area contributed by atoms with Crippen molar-refractivity contribution in [3.05, 3.63) is 78.0 Å². The van der Waals surface area contributed by atoms with Crippen molar-refractivity contribution in [2.24, 2.45) is 10.5 Å². The lowest BCUT2D eigenvalue weighted by Crippen LogP contribution is -2.44. The quantitative estimate of drug-likeness (QED) is 0.0642. The number of likely N-dealkylation sites (N-methyl/N-ethyl adjacent to an activating group) is 2. The summed E-state index contributed by atoms with van der Waals surface area (Å²) in [6.45, 7) is 12.5. The van der Waals surface area contributed by atoms with E-state index < -0.39 is 29.2 Å². The predicted molar refractivity (Wildman–Crippen MR) is 206 cm³/mol. The highest BCUT2D eigenvalue weighted by Gasteiger charge is 2.21. The van der Waals surface area contributed by atoms with E-state index in [1.165, 1.54) is 19.0 Å². The van der Waals surface area contributed by atoms with Crippen LogP contribution in [-0.4, -0.2) is 94.5 Å².